The van der Waals surface area contributed by atoms with Crippen molar-refractivity contribution in [2.75, 3.05) is 0 Å². The molecule has 1 atom stereocenters. The van der Waals surface area contributed by atoms with E-state index in [4.69, 9.17) is 0 Å². The number of fused-ring (bicyclic) bond motifs is 1. The first-order valence-corrected chi connectivity index (χ1v) is 9.47. The lowest BCUT2D eigenvalue weighted by Gasteiger charge is -2.05. The van der Waals surface area contributed by atoms with Gasteiger partial charge in [-0.3, -0.25) is 0 Å². The lowest BCUT2D eigenvalue weighted by atomic mass is 10.0. The Morgan fingerprint density at radius 3 is 2.63 bits per heavy atom. The molecule has 1 aromatic heterocycles. The normalized spacial score (nSPS) is 12.5. The van der Waals surface area contributed by atoms with E-state index >= 15 is 0 Å². The van der Waals surface area contributed by atoms with Crippen LogP contribution in [0.3, 0.4) is 0 Å². The summed E-state index contributed by atoms with van der Waals surface area (Å²) in [6, 6.07) is 14.8. The minimum Gasteiger partial charge on any atom is -0.393 e. The third-order valence-corrected chi connectivity index (χ3v) is 4.50. The molecule has 0 fully saturated rings. The van der Waals surface area contributed by atoms with Gasteiger partial charge in [-0.2, -0.15) is 0 Å². The van der Waals surface area contributed by atoms with Crippen molar-refractivity contribution in [3.63, 3.8) is 0 Å². The average Bonchev–Trinajstić information content (AvgIpc) is 2.68. The molecule has 3 aromatic rings. The molecule has 2 aromatic carbocycles. The Morgan fingerprint density at radius 2 is 1.89 bits per heavy atom. The van der Waals surface area contributed by atoms with Crippen molar-refractivity contribution < 1.29 is 5.11 Å². The standard InChI is InChI=1S/C24H26N2O/c1-3-7-24-25-17-22-16-21(14-15-23(22)26-24)20-12-10-19(11-13-20)9-6-4-5-8-18(2)27/h3,6,9-18,27H,1,4-5,7-8H2,2H3. The highest BCUT2D eigenvalue weighted by atomic mass is 16.3. The summed E-state index contributed by atoms with van der Waals surface area (Å²) in [4.78, 5) is 8.96. The Balaban J connectivity index is 1.70. The van der Waals surface area contributed by atoms with Crippen LogP contribution in [0.5, 0.6) is 0 Å². The first-order chi connectivity index (χ1) is 13.2. The van der Waals surface area contributed by atoms with E-state index in [0.29, 0.717) is 6.42 Å². The maximum absolute atomic E-state index is 9.28. The fourth-order valence-corrected chi connectivity index (χ4v) is 3.02. The van der Waals surface area contributed by atoms with Gasteiger partial charge in [0.1, 0.15) is 5.82 Å². The summed E-state index contributed by atoms with van der Waals surface area (Å²) in [7, 11) is 0. The predicted octanol–water partition coefficient (Wildman–Crippen LogP) is 5.59. The summed E-state index contributed by atoms with van der Waals surface area (Å²) >= 11 is 0. The highest BCUT2D eigenvalue weighted by Gasteiger charge is 2.03. The molecule has 138 valence electrons. The molecule has 1 unspecified atom stereocenters. The van der Waals surface area contributed by atoms with Crippen LogP contribution >= 0.6 is 0 Å². The molecule has 0 aliphatic heterocycles. The van der Waals surface area contributed by atoms with Crippen LogP contribution < -0.4 is 0 Å². The molecule has 3 heteroatoms. The number of rotatable bonds is 8. The number of nitrogens with zero attached hydrogens (tertiary/aromatic N) is 2. The lowest BCUT2D eigenvalue weighted by Crippen LogP contribution is -1.97. The van der Waals surface area contributed by atoms with Crippen LogP contribution in [0.4, 0.5) is 0 Å². The number of hydrogen-bond acceptors (Lipinski definition) is 3. The maximum atomic E-state index is 9.28. The SMILES string of the molecule is C=CCc1ncc2cc(-c3ccc(C=CCCCC(C)O)cc3)ccc2n1. The largest absolute Gasteiger partial charge is 0.393 e. The molecular formula is C24H26N2O. The Labute approximate surface area is 161 Å². The van der Waals surface area contributed by atoms with Crippen molar-refractivity contribution in [1.29, 1.82) is 0 Å². The molecule has 0 radical (unpaired) electrons. The average molecular weight is 358 g/mol. The van der Waals surface area contributed by atoms with Gasteiger partial charge < -0.3 is 5.11 Å². The second-order valence-corrected chi connectivity index (χ2v) is 6.86. The number of hydrogen-bond donors (Lipinski definition) is 1. The predicted molar refractivity (Wildman–Crippen MR) is 113 cm³/mol. The summed E-state index contributed by atoms with van der Waals surface area (Å²) in [5.74, 6) is 0.801. The van der Waals surface area contributed by atoms with Gasteiger partial charge in [0.15, 0.2) is 0 Å². The zero-order valence-corrected chi connectivity index (χ0v) is 15.8. The van der Waals surface area contributed by atoms with Gasteiger partial charge in [-0.15, -0.1) is 6.58 Å². The van der Waals surface area contributed by atoms with E-state index < -0.39 is 0 Å². The van der Waals surface area contributed by atoms with Crippen molar-refractivity contribution in [2.24, 2.45) is 0 Å². The minimum absolute atomic E-state index is 0.210. The fourth-order valence-electron chi connectivity index (χ4n) is 3.02. The van der Waals surface area contributed by atoms with E-state index in [-0.39, 0.29) is 6.10 Å². The smallest absolute Gasteiger partial charge is 0.132 e. The minimum atomic E-state index is -0.210. The van der Waals surface area contributed by atoms with Gasteiger partial charge in [0, 0.05) is 18.0 Å². The first kappa shape index (κ1) is 19.0. The number of aliphatic hydroxyl groups excluding tert-OH is 1. The zero-order chi connectivity index (χ0) is 19.1. The van der Waals surface area contributed by atoms with Crippen LogP contribution in [0.2, 0.25) is 0 Å². The third kappa shape index (κ3) is 5.35. The molecular weight excluding hydrogens is 332 g/mol. The number of aromatic nitrogens is 2. The van der Waals surface area contributed by atoms with E-state index in [1.165, 1.54) is 11.1 Å². The van der Waals surface area contributed by atoms with Crippen molar-refractivity contribution in [1.82, 2.24) is 9.97 Å². The van der Waals surface area contributed by atoms with E-state index in [9.17, 15) is 5.11 Å². The number of benzene rings is 2. The Morgan fingerprint density at radius 1 is 1.11 bits per heavy atom. The summed E-state index contributed by atoms with van der Waals surface area (Å²) in [6.07, 6.45) is 11.3. The Kier molecular flexibility index (Phi) is 6.50. The van der Waals surface area contributed by atoms with Gasteiger partial charge in [-0.05, 0) is 55.0 Å². The van der Waals surface area contributed by atoms with Gasteiger partial charge in [-0.25, -0.2) is 9.97 Å². The summed E-state index contributed by atoms with van der Waals surface area (Å²) < 4.78 is 0. The van der Waals surface area contributed by atoms with Crippen molar-refractivity contribution in [3.05, 3.63) is 78.8 Å². The molecule has 1 heterocycles. The highest BCUT2D eigenvalue weighted by molar-refractivity contribution is 5.84. The summed E-state index contributed by atoms with van der Waals surface area (Å²) in [5, 5.41) is 10.3. The van der Waals surface area contributed by atoms with E-state index in [1.807, 2.05) is 19.2 Å². The van der Waals surface area contributed by atoms with Crippen LogP contribution in [0.1, 0.15) is 37.6 Å². The van der Waals surface area contributed by atoms with Gasteiger partial charge in [0.05, 0.1) is 11.6 Å². The molecule has 0 saturated carbocycles. The monoisotopic (exact) mass is 358 g/mol. The van der Waals surface area contributed by atoms with Crippen molar-refractivity contribution in [3.8, 4) is 11.1 Å². The molecule has 0 aliphatic carbocycles. The third-order valence-electron chi connectivity index (χ3n) is 4.50. The maximum Gasteiger partial charge on any atom is 0.132 e. The van der Waals surface area contributed by atoms with Crippen LogP contribution in [0.15, 0.2) is 67.4 Å². The molecule has 1 N–H and O–H groups in total. The van der Waals surface area contributed by atoms with Gasteiger partial charge >= 0.3 is 0 Å². The fraction of sp³-hybridized carbons (Fsp3) is 0.250. The van der Waals surface area contributed by atoms with Crippen LogP contribution in [-0.2, 0) is 6.42 Å². The molecule has 27 heavy (non-hydrogen) atoms. The highest BCUT2D eigenvalue weighted by Crippen LogP contribution is 2.24. The van der Waals surface area contributed by atoms with E-state index in [2.05, 4.69) is 71.2 Å². The van der Waals surface area contributed by atoms with Gasteiger partial charge in [0.2, 0.25) is 0 Å². The Hall–Kier alpha value is -2.78. The topological polar surface area (TPSA) is 46.0 Å². The van der Waals surface area contributed by atoms with Gasteiger partial charge in [0.25, 0.3) is 0 Å². The molecule has 3 rings (SSSR count). The molecule has 3 nitrogen and oxygen atoms in total. The van der Waals surface area contributed by atoms with Crippen molar-refractivity contribution in [2.45, 2.75) is 38.7 Å². The van der Waals surface area contributed by atoms with Crippen molar-refractivity contribution >= 4 is 17.0 Å². The van der Waals surface area contributed by atoms with Crippen LogP contribution in [0, 0.1) is 0 Å². The first-order valence-electron chi connectivity index (χ1n) is 9.47. The second-order valence-electron chi connectivity index (χ2n) is 6.86. The number of allylic oxidation sites excluding steroid dienone is 2. The number of aliphatic hydroxyl groups is 1. The van der Waals surface area contributed by atoms with Crippen LogP contribution in [0.25, 0.3) is 28.1 Å². The molecule has 0 aliphatic rings. The lowest BCUT2D eigenvalue weighted by molar-refractivity contribution is 0.182. The molecule has 0 bridgehead atoms. The van der Waals surface area contributed by atoms with E-state index in [1.54, 1.807) is 0 Å². The number of unbranched alkanes of at least 4 members (excludes halogenated alkanes) is 1. The molecule has 0 spiro atoms. The molecule has 0 saturated heterocycles. The van der Waals surface area contributed by atoms with Gasteiger partial charge in [-0.1, -0.05) is 48.6 Å². The molecule has 0 amide bonds. The second kappa shape index (κ2) is 9.24. The Bertz CT molecular complexity index is 927. The summed E-state index contributed by atoms with van der Waals surface area (Å²) in [5.41, 5.74) is 4.49. The van der Waals surface area contributed by atoms with Crippen LogP contribution in [-0.4, -0.2) is 21.2 Å². The zero-order valence-electron chi connectivity index (χ0n) is 15.8. The van der Waals surface area contributed by atoms with E-state index in [0.717, 1.165) is 41.6 Å². The quantitative estimate of drug-likeness (QED) is 0.422. The summed E-state index contributed by atoms with van der Waals surface area (Å²) in [6.45, 7) is 5.57.